The van der Waals surface area contributed by atoms with E-state index in [1.807, 2.05) is 32.0 Å². The number of hydrogen-bond donors (Lipinski definition) is 0. The van der Waals surface area contributed by atoms with Crippen LogP contribution in [0.1, 0.15) is 23.6 Å². The molecule has 0 radical (unpaired) electrons. The Morgan fingerprint density at radius 3 is 2.43 bits per heavy atom. The van der Waals surface area contributed by atoms with Crippen molar-refractivity contribution in [3.63, 3.8) is 0 Å². The largest absolute Gasteiger partial charge is 0.291 e. The van der Waals surface area contributed by atoms with Crippen LogP contribution < -0.4 is 0 Å². The van der Waals surface area contributed by atoms with Gasteiger partial charge in [0.25, 0.3) is 0 Å². The zero-order chi connectivity index (χ0) is 10.7. The van der Waals surface area contributed by atoms with Crippen molar-refractivity contribution in [1.82, 2.24) is 0 Å². The molecule has 0 unspecified atom stereocenters. The first-order valence-corrected chi connectivity index (χ1v) is 4.60. The Kier molecular flexibility index (Phi) is 3.18. The summed E-state index contributed by atoms with van der Waals surface area (Å²) < 4.78 is 0. The fourth-order valence-electron chi connectivity index (χ4n) is 1.29. The van der Waals surface area contributed by atoms with E-state index < -0.39 is 0 Å². The van der Waals surface area contributed by atoms with E-state index in [1.165, 1.54) is 6.92 Å². The minimum Gasteiger partial charge on any atom is -0.291 e. The van der Waals surface area contributed by atoms with Crippen molar-refractivity contribution in [2.75, 3.05) is 0 Å². The van der Waals surface area contributed by atoms with Crippen molar-refractivity contribution in [2.45, 2.75) is 27.2 Å². The highest BCUT2D eigenvalue weighted by molar-refractivity contribution is 6.36. The van der Waals surface area contributed by atoms with E-state index in [2.05, 4.69) is 0 Å². The van der Waals surface area contributed by atoms with Crippen LogP contribution >= 0.6 is 0 Å². The summed E-state index contributed by atoms with van der Waals surface area (Å²) in [5.41, 5.74) is 3.12. The van der Waals surface area contributed by atoms with Gasteiger partial charge in [0.1, 0.15) is 0 Å². The van der Waals surface area contributed by atoms with Crippen LogP contribution in [0.25, 0.3) is 0 Å². The van der Waals surface area contributed by atoms with Crippen LogP contribution in [-0.2, 0) is 16.0 Å². The van der Waals surface area contributed by atoms with Gasteiger partial charge in [0.15, 0.2) is 5.78 Å². The standard InChI is InChI=1S/C12H14O2/c1-8-4-5-9(2)11(6-8)7-12(14)10(3)13/h4-6H,7H2,1-3H3. The lowest BCUT2D eigenvalue weighted by atomic mass is 10.00. The first-order valence-electron chi connectivity index (χ1n) is 4.60. The predicted molar refractivity (Wildman–Crippen MR) is 55.3 cm³/mol. The number of carbonyl (C=O) groups excluding carboxylic acids is 2. The Morgan fingerprint density at radius 1 is 1.21 bits per heavy atom. The quantitative estimate of drug-likeness (QED) is 0.683. The molecule has 0 atom stereocenters. The third kappa shape index (κ3) is 2.52. The van der Waals surface area contributed by atoms with Crippen molar-refractivity contribution in [3.8, 4) is 0 Å². The Labute approximate surface area is 83.9 Å². The first-order chi connectivity index (χ1) is 6.50. The second-order valence-corrected chi connectivity index (χ2v) is 3.59. The molecule has 0 saturated heterocycles. The minimum absolute atomic E-state index is 0.225. The molecule has 1 rings (SSSR count). The summed E-state index contributed by atoms with van der Waals surface area (Å²) in [5.74, 6) is -0.690. The topological polar surface area (TPSA) is 34.1 Å². The normalized spacial score (nSPS) is 9.93. The Morgan fingerprint density at radius 2 is 1.86 bits per heavy atom. The number of carbonyl (C=O) groups is 2. The van der Waals surface area contributed by atoms with Crippen molar-refractivity contribution < 1.29 is 9.59 Å². The number of aryl methyl sites for hydroxylation is 2. The van der Waals surface area contributed by atoms with Crippen molar-refractivity contribution in [3.05, 3.63) is 34.9 Å². The lowest BCUT2D eigenvalue weighted by Crippen LogP contribution is -2.13. The lowest BCUT2D eigenvalue weighted by Gasteiger charge is -2.04. The van der Waals surface area contributed by atoms with E-state index in [0.29, 0.717) is 0 Å². The van der Waals surface area contributed by atoms with Crippen molar-refractivity contribution in [1.29, 1.82) is 0 Å². The van der Waals surface area contributed by atoms with Gasteiger partial charge in [0, 0.05) is 13.3 Å². The minimum atomic E-state index is -0.370. The third-order valence-electron chi connectivity index (χ3n) is 2.25. The molecular formula is C12H14O2. The second kappa shape index (κ2) is 4.18. The van der Waals surface area contributed by atoms with E-state index in [4.69, 9.17) is 0 Å². The molecule has 1 aromatic rings. The van der Waals surface area contributed by atoms with Gasteiger partial charge in [-0.3, -0.25) is 9.59 Å². The van der Waals surface area contributed by atoms with Crippen LogP contribution in [0, 0.1) is 13.8 Å². The van der Waals surface area contributed by atoms with Gasteiger partial charge >= 0.3 is 0 Å². The number of hydrogen-bond acceptors (Lipinski definition) is 2. The molecule has 0 heterocycles. The summed E-state index contributed by atoms with van der Waals surface area (Å²) in [7, 11) is 0. The molecule has 0 aliphatic rings. The Hall–Kier alpha value is -1.44. The van der Waals surface area contributed by atoms with Crippen LogP contribution in [0.4, 0.5) is 0 Å². The van der Waals surface area contributed by atoms with E-state index in [-0.39, 0.29) is 18.0 Å². The van der Waals surface area contributed by atoms with Crippen molar-refractivity contribution >= 4 is 11.6 Å². The van der Waals surface area contributed by atoms with Crippen LogP contribution in [-0.4, -0.2) is 11.6 Å². The van der Waals surface area contributed by atoms with Gasteiger partial charge in [-0.25, -0.2) is 0 Å². The second-order valence-electron chi connectivity index (χ2n) is 3.59. The first kappa shape index (κ1) is 10.6. The maximum Gasteiger partial charge on any atom is 0.202 e. The Balaban J connectivity index is 2.91. The molecule has 2 nitrogen and oxygen atoms in total. The summed E-state index contributed by atoms with van der Waals surface area (Å²) >= 11 is 0. The summed E-state index contributed by atoms with van der Waals surface area (Å²) in [6, 6.07) is 5.92. The number of benzene rings is 1. The summed E-state index contributed by atoms with van der Waals surface area (Å²) in [5, 5.41) is 0. The lowest BCUT2D eigenvalue weighted by molar-refractivity contribution is -0.134. The average molecular weight is 190 g/mol. The molecule has 0 saturated carbocycles. The molecule has 0 aliphatic carbocycles. The number of ketones is 2. The van der Waals surface area contributed by atoms with Crippen LogP contribution in [0.5, 0.6) is 0 Å². The van der Waals surface area contributed by atoms with Gasteiger partial charge in [-0.1, -0.05) is 23.8 Å². The molecule has 0 spiro atoms. The summed E-state index contributed by atoms with van der Waals surface area (Å²) in [4.78, 5) is 22.0. The highest BCUT2D eigenvalue weighted by Crippen LogP contribution is 2.11. The van der Waals surface area contributed by atoms with E-state index in [1.54, 1.807) is 0 Å². The average Bonchev–Trinajstić information content (AvgIpc) is 2.11. The summed E-state index contributed by atoms with van der Waals surface area (Å²) in [6.45, 7) is 5.23. The molecular weight excluding hydrogens is 176 g/mol. The van der Waals surface area contributed by atoms with Gasteiger partial charge in [-0.2, -0.15) is 0 Å². The molecule has 0 amide bonds. The van der Waals surface area contributed by atoms with Gasteiger partial charge in [-0.15, -0.1) is 0 Å². The number of Topliss-reactive ketones (excluding diaryl/α,β-unsaturated/α-hetero) is 2. The van der Waals surface area contributed by atoms with Crippen LogP contribution in [0.3, 0.4) is 0 Å². The molecule has 0 bridgehead atoms. The maximum atomic E-state index is 11.2. The molecule has 1 aromatic carbocycles. The fraction of sp³-hybridized carbons (Fsp3) is 0.333. The highest BCUT2D eigenvalue weighted by atomic mass is 16.2. The zero-order valence-electron chi connectivity index (χ0n) is 8.76. The van der Waals surface area contributed by atoms with Gasteiger partial charge in [-0.05, 0) is 25.0 Å². The smallest absolute Gasteiger partial charge is 0.202 e. The zero-order valence-corrected chi connectivity index (χ0v) is 8.76. The molecule has 0 N–H and O–H groups in total. The van der Waals surface area contributed by atoms with E-state index in [0.717, 1.165) is 16.7 Å². The summed E-state index contributed by atoms with van der Waals surface area (Å²) in [6.07, 6.45) is 0.225. The molecule has 2 heteroatoms. The molecule has 0 aliphatic heterocycles. The number of rotatable bonds is 3. The molecule has 74 valence electrons. The predicted octanol–water partition coefficient (Wildman–Crippen LogP) is 2.00. The fourth-order valence-corrected chi connectivity index (χ4v) is 1.29. The van der Waals surface area contributed by atoms with E-state index >= 15 is 0 Å². The van der Waals surface area contributed by atoms with Gasteiger partial charge in [0.05, 0.1) is 0 Å². The Bertz CT molecular complexity index is 378. The molecule has 0 aromatic heterocycles. The van der Waals surface area contributed by atoms with Gasteiger partial charge < -0.3 is 0 Å². The molecule has 0 fully saturated rings. The van der Waals surface area contributed by atoms with E-state index in [9.17, 15) is 9.59 Å². The van der Waals surface area contributed by atoms with Crippen LogP contribution in [0.2, 0.25) is 0 Å². The van der Waals surface area contributed by atoms with Crippen LogP contribution in [0.15, 0.2) is 18.2 Å². The van der Waals surface area contributed by atoms with Crippen molar-refractivity contribution in [2.24, 2.45) is 0 Å². The van der Waals surface area contributed by atoms with Gasteiger partial charge in [0.2, 0.25) is 5.78 Å². The SMILES string of the molecule is CC(=O)C(=O)Cc1cc(C)ccc1C. The molecule has 14 heavy (non-hydrogen) atoms. The third-order valence-corrected chi connectivity index (χ3v) is 2.25. The monoisotopic (exact) mass is 190 g/mol. The maximum absolute atomic E-state index is 11.2. The highest BCUT2D eigenvalue weighted by Gasteiger charge is 2.10.